The number of carbonyl (C=O) groups is 1. The maximum absolute atomic E-state index is 11.2. The van der Waals surface area contributed by atoms with Crippen LogP contribution in [0.2, 0.25) is 0 Å². The van der Waals surface area contributed by atoms with Gasteiger partial charge in [-0.1, -0.05) is 6.92 Å². The maximum atomic E-state index is 11.2. The second-order valence-electron chi connectivity index (χ2n) is 3.36. The molecule has 0 fully saturated rings. The standard InChI is InChI=1S/C10H22N2O2/c1-3-9(11)10(13)12-7-5-4-6-8-14-2/h9H,3-8,11H2,1-2H3,(H,12,13). The Balaban J connectivity index is 3.23. The van der Waals surface area contributed by atoms with Gasteiger partial charge in [-0.25, -0.2) is 0 Å². The molecule has 0 spiro atoms. The number of nitrogens with two attached hydrogens (primary N) is 1. The summed E-state index contributed by atoms with van der Waals surface area (Å²) in [7, 11) is 1.70. The molecular formula is C10H22N2O2. The summed E-state index contributed by atoms with van der Waals surface area (Å²) < 4.78 is 4.92. The summed E-state index contributed by atoms with van der Waals surface area (Å²) >= 11 is 0. The van der Waals surface area contributed by atoms with E-state index in [0.29, 0.717) is 6.42 Å². The Morgan fingerprint density at radius 3 is 2.71 bits per heavy atom. The smallest absolute Gasteiger partial charge is 0.236 e. The number of ether oxygens (including phenoxy) is 1. The van der Waals surface area contributed by atoms with Gasteiger partial charge in [-0.3, -0.25) is 4.79 Å². The van der Waals surface area contributed by atoms with Crippen molar-refractivity contribution >= 4 is 5.91 Å². The molecule has 0 saturated heterocycles. The van der Waals surface area contributed by atoms with Crippen LogP contribution in [0.4, 0.5) is 0 Å². The first-order chi connectivity index (χ1) is 6.72. The van der Waals surface area contributed by atoms with Crippen LogP contribution < -0.4 is 11.1 Å². The topological polar surface area (TPSA) is 64.4 Å². The van der Waals surface area contributed by atoms with Gasteiger partial charge in [0.05, 0.1) is 6.04 Å². The Hall–Kier alpha value is -0.610. The molecule has 0 aliphatic rings. The minimum absolute atomic E-state index is 0.0424. The van der Waals surface area contributed by atoms with E-state index in [1.54, 1.807) is 7.11 Å². The highest BCUT2D eigenvalue weighted by molar-refractivity contribution is 5.81. The Labute approximate surface area is 86.2 Å². The first-order valence-electron chi connectivity index (χ1n) is 5.24. The molecule has 0 radical (unpaired) electrons. The number of carbonyl (C=O) groups excluding carboxylic acids is 1. The predicted octanol–water partition coefficient (Wildman–Crippen LogP) is 0.657. The summed E-state index contributed by atoms with van der Waals surface area (Å²) in [5.41, 5.74) is 5.55. The Morgan fingerprint density at radius 1 is 1.43 bits per heavy atom. The lowest BCUT2D eigenvalue weighted by molar-refractivity contribution is -0.122. The molecule has 0 aliphatic carbocycles. The van der Waals surface area contributed by atoms with Gasteiger partial charge in [0.2, 0.25) is 5.91 Å². The number of unbranched alkanes of at least 4 members (excludes halogenated alkanes) is 2. The average molecular weight is 202 g/mol. The van der Waals surface area contributed by atoms with E-state index < -0.39 is 0 Å². The van der Waals surface area contributed by atoms with Crippen LogP contribution in [0.1, 0.15) is 32.6 Å². The van der Waals surface area contributed by atoms with Crippen molar-refractivity contribution in [3.63, 3.8) is 0 Å². The molecule has 0 aromatic heterocycles. The first kappa shape index (κ1) is 13.4. The summed E-state index contributed by atoms with van der Waals surface area (Å²) in [5.74, 6) is -0.0424. The van der Waals surface area contributed by atoms with Gasteiger partial charge in [0, 0.05) is 20.3 Å². The largest absolute Gasteiger partial charge is 0.385 e. The van der Waals surface area contributed by atoms with E-state index >= 15 is 0 Å². The SMILES string of the molecule is CCC(N)C(=O)NCCCCCOC. The lowest BCUT2D eigenvalue weighted by Crippen LogP contribution is -2.40. The Morgan fingerprint density at radius 2 is 2.14 bits per heavy atom. The zero-order valence-corrected chi connectivity index (χ0v) is 9.21. The van der Waals surface area contributed by atoms with Crippen molar-refractivity contribution < 1.29 is 9.53 Å². The molecule has 0 bridgehead atoms. The molecule has 1 amide bonds. The average Bonchev–Trinajstić information content (AvgIpc) is 2.21. The van der Waals surface area contributed by atoms with Crippen LogP contribution in [0.3, 0.4) is 0 Å². The molecule has 4 heteroatoms. The molecule has 14 heavy (non-hydrogen) atoms. The number of methoxy groups -OCH3 is 1. The second-order valence-corrected chi connectivity index (χ2v) is 3.36. The highest BCUT2D eigenvalue weighted by Crippen LogP contribution is 1.94. The minimum atomic E-state index is -0.353. The lowest BCUT2D eigenvalue weighted by Gasteiger charge is -2.09. The number of nitrogens with one attached hydrogen (secondary N) is 1. The monoisotopic (exact) mass is 202 g/mol. The van der Waals surface area contributed by atoms with E-state index in [4.69, 9.17) is 10.5 Å². The lowest BCUT2D eigenvalue weighted by atomic mass is 10.2. The highest BCUT2D eigenvalue weighted by Gasteiger charge is 2.08. The molecular weight excluding hydrogens is 180 g/mol. The van der Waals surface area contributed by atoms with Gasteiger partial charge in [0.15, 0.2) is 0 Å². The fraction of sp³-hybridized carbons (Fsp3) is 0.900. The molecule has 0 saturated carbocycles. The van der Waals surface area contributed by atoms with Crippen molar-refractivity contribution in [1.82, 2.24) is 5.32 Å². The van der Waals surface area contributed by atoms with Crippen LogP contribution in [0, 0.1) is 0 Å². The summed E-state index contributed by atoms with van der Waals surface area (Å²) in [6.45, 7) is 3.42. The highest BCUT2D eigenvalue weighted by atomic mass is 16.5. The van der Waals surface area contributed by atoms with E-state index in [2.05, 4.69) is 5.32 Å². The maximum Gasteiger partial charge on any atom is 0.236 e. The van der Waals surface area contributed by atoms with Gasteiger partial charge < -0.3 is 15.8 Å². The zero-order valence-electron chi connectivity index (χ0n) is 9.21. The van der Waals surface area contributed by atoms with Crippen LogP contribution in [-0.4, -0.2) is 32.2 Å². The predicted molar refractivity (Wildman–Crippen MR) is 57.0 cm³/mol. The number of hydrogen-bond acceptors (Lipinski definition) is 3. The van der Waals surface area contributed by atoms with Gasteiger partial charge in [0.1, 0.15) is 0 Å². The third kappa shape index (κ3) is 6.86. The second kappa shape index (κ2) is 8.97. The van der Waals surface area contributed by atoms with Gasteiger partial charge in [0.25, 0.3) is 0 Å². The summed E-state index contributed by atoms with van der Waals surface area (Å²) in [6, 6.07) is -0.353. The van der Waals surface area contributed by atoms with Crippen LogP contribution in [-0.2, 0) is 9.53 Å². The molecule has 0 aromatic rings. The molecule has 0 aliphatic heterocycles. The quantitative estimate of drug-likeness (QED) is 0.568. The molecule has 3 N–H and O–H groups in total. The molecule has 84 valence electrons. The van der Waals surface area contributed by atoms with Crippen molar-refractivity contribution in [3.8, 4) is 0 Å². The van der Waals surface area contributed by atoms with Crippen molar-refractivity contribution in [2.24, 2.45) is 5.73 Å². The van der Waals surface area contributed by atoms with Gasteiger partial charge >= 0.3 is 0 Å². The van der Waals surface area contributed by atoms with Crippen molar-refractivity contribution in [2.75, 3.05) is 20.3 Å². The number of rotatable bonds is 8. The molecule has 1 unspecified atom stereocenters. The van der Waals surface area contributed by atoms with E-state index in [-0.39, 0.29) is 11.9 Å². The fourth-order valence-electron chi connectivity index (χ4n) is 1.08. The van der Waals surface area contributed by atoms with Crippen LogP contribution in [0.25, 0.3) is 0 Å². The summed E-state index contributed by atoms with van der Waals surface area (Å²) in [4.78, 5) is 11.2. The van der Waals surface area contributed by atoms with Crippen LogP contribution in [0.5, 0.6) is 0 Å². The van der Waals surface area contributed by atoms with Crippen LogP contribution >= 0.6 is 0 Å². The van der Waals surface area contributed by atoms with Crippen molar-refractivity contribution in [1.29, 1.82) is 0 Å². The van der Waals surface area contributed by atoms with Crippen LogP contribution in [0.15, 0.2) is 0 Å². The zero-order chi connectivity index (χ0) is 10.8. The third-order valence-electron chi connectivity index (χ3n) is 2.10. The van der Waals surface area contributed by atoms with Crippen molar-refractivity contribution in [3.05, 3.63) is 0 Å². The van der Waals surface area contributed by atoms with E-state index in [0.717, 1.165) is 32.4 Å². The van der Waals surface area contributed by atoms with Crippen molar-refractivity contribution in [2.45, 2.75) is 38.6 Å². The minimum Gasteiger partial charge on any atom is -0.385 e. The number of amides is 1. The molecule has 0 aromatic carbocycles. The van der Waals surface area contributed by atoms with Gasteiger partial charge in [-0.05, 0) is 25.7 Å². The molecule has 0 heterocycles. The van der Waals surface area contributed by atoms with E-state index in [1.165, 1.54) is 0 Å². The number of hydrogen-bond donors (Lipinski definition) is 2. The summed E-state index contributed by atoms with van der Waals surface area (Å²) in [5, 5.41) is 2.81. The van der Waals surface area contributed by atoms with E-state index in [1.807, 2.05) is 6.92 Å². The fourth-order valence-corrected chi connectivity index (χ4v) is 1.08. The normalized spacial score (nSPS) is 12.5. The molecule has 4 nitrogen and oxygen atoms in total. The van der Waals surface area contributed by atoms with E-state index in [9.17, 15) is 4.79 Å². The van der Waals surface area contributed by atoms with Gasteiger partial charge in [-0.2, -0.15) is 0 Å². The first-order valence-corrected chi connectivity index (χ1v) is 5.24. The summed E-state index contributed by atoms with van der Waals surface area (Å²) in [6.07, 6.45) is 3.81. The van der Waals surface area contributed by atoms with Gasteiger partial charge in [-0.15, -0.1) is 0 Å². The molecule has 0 rings (SSSR count). The molecule has 1 atom stereocenters. The third-order valence-corrected chi connectivity index (χ3v) is 2.10. The Bertz CT molecular complexity index is 151. The Kier molecular flexibility index (Phi) is 8.57.